The lowest BCUT2D eigenvalue weighted by Gasteiger charge is -2.36. The summed E-state index contributed by atoms with van der Waals surface area (Å²) in [5.41, 5.74) is 1.03. The van der Waals surface area contributed by atoms with Gasteiger partial charge < -0.3 is 9.80 Å². The van der Waals surface area contributed by atoms with Crippen molar-refractivity contribution in [2.24, 2.45) is 11.8 Å². The Morgan fingerprint density at radius 2 is 2.17 bits per heavy atom. The summed E-state index contributed by atoms with van der Waals surface area (Å²) in [6.07, 6.45) is 6.06. The van der Waals surface area contributed by atoms with Gasteiger partial charge in [-0.25, -0.2) is 4.98 Å². The lowest BCUT2D eigenvalue weighted by Crippen LogP contribution is -2.42. The summed E-state index contributed by atoms with van der Waals surface area (Å²) in [4.78, 5) is 33.9. The minimum Gasteiger partial charge on any atom is -0.342 e. The predicted octanol–water partition coefficient (Wildman–Crippen LogP) is 2.76. The first kappa shape index (κ1) is 16.1. The van der Waals surface area contributed by atoms with Crippen molar-refractivity contribution in [3.8, 4) is 0 Å². The highest BCUT2D eigenvalue weighted by atomic mass is 32.1. The molecule has 1 aromatic rings. The third-order valence-corrected chi connectivity index (χ3v) is 6.51. The first-order valence-corrected chi connectivity index (χ1v) is 10.00. The average Bonchev–Trinajstić information content (AvgIpc) is 3.18. The number of aromatic nitrogens is 1. The number of amides is 2. The second-order valence-electron chi connectivity index (χ2n) is 7.51. The second kappa shape index (κ2) is 6.47. The van der Waals surface area contributed by atoms with Gasteiger partial charge in [0.15, 0.2) is 0 Å². The molecule has 2 amide bonds. The molecule has 1 saturated carbocycles. The number of hydrogen-bond acceptors (Lipinski definition) is 4. The Labute approximate surface area is 147 Å². The fourth-order valence-electron chi connectivity index (χ4n) is 3.94. The molecule has 3 heterocycles. The van der Waals surface area contributed by atoms with E-state index in [-0.39, 0.29) is 23.8 Å². The Balaban J connectivity index is 1.46. The van der Waals surface area contributed by atoms with Gasteiger partial charge in [-0.05, 0) is 44.9 Å². The molecule has 24 heavy (non-hydrogen) atoms. The van der Waals surface area contributed by atoms with Crippen LogP contribution in [0.15, 0.2) is 5.38 Å². The fourth-order valence-corrected chi connectivity index (χ4v) is 4.88. The van der Waals surface area contributed by atoms with E-state index in [1.54, 1.807) is 11.3 Å². The summed E-state index contributed by atoms with van der Waals surface area (Å²) in [5, 5.41) is 3.11. The normalized spacial score (nSPS) is 27.8. The van der Waals surface area contributed by atoms with Crippen LogP contribution in [0.2, 0.25) is 0 Å². The Bertz CT molecular complexity index is 640. The van der Waals surface area contributed by atoms with Crippen LogP contribution in [0.3, 0.4) is 0 Å². The van der Waals surface area contributed by atoms with E-state index in [2.05, 4.69) is 10.4 Å². The van der Waals surface area contributed by atoms with E-state index in [0.29, 0.717) is 18.9 Å². The molecule has 0 spiro atoms. The van der Waals surface area contributed by atoms with Crippen LogP contribution in [0, 0.1) is 18.8 Å². The standard InChI is InChI=1S/C18H25N3O2S/c1-12-11-24-17(19-12)15-4-2-3-7-21(15)18(23)14-8-16(22)20(10-14)9-13-5-6-13/h11,13-15H,2-10H2,1H3/t14-,15-/m0/s1. The highest BCUT2D eigenvalue weighted by Crippen LogP contribution is 2.36. The highest BCUT2D eigenvalue weighted by Gasteiger charge is 2.41. The van der Waals surface area contributed by atoms with Gasteiger partial charge >= 0.3 is 0 Å². The molecule has 0 bridgehead atoms. The number of piperidine rings is 1. The lowest BCUT2D eigenvalue weighted by atomic mass is 9.99. The number of aryl methyl sites for hydroxylation is 1. The summed E-state index contributed by atoms with van der Waals surface area (Å²) in [6.45, 7) is 4.28. The SMILES string of the molecule is Cc1csc([C@@H]2CCCCN2C(=O)[C@H]2CC(=O)N(CC3CC3)C2)n1. The van der Waals surface area contributed by atoms with Gasteiger partial charge in [-0.3, -0.25) is 9.59 Å². The molecular weight excluding hydrogens is 322 g/mol. The molecule has 3 fully saturated rings. The number of thiazole rings is 1. The predicted molar refractivity (Wildman–Crippen MR) is 92.6 cm³/mol. The Morgan fingerprint density at radius 3 is 2.88 bits per heavy atom. The van der Waals surface area contributed by atoms with Crippen molar-refractivity contribution in [1.29, 1.82) is 0 Å². The van der Waals surface area contributed by atoms with Crippen molar-refractivity contribution in [3.63, 3.8) is 0 Å². The second-order valence-corrected chi connectivity index (χ2v) is 8.40. The minimum absolute atomic E-state index is 0.109. The van der Waals surface area contributed by atoms with E-state index in [1.807, 2.05) is 16.7 Å². The van der Waals surface area contributed by atoms with E-state index < -0.39 is 0 Å². The smallest absolute Gasteiger partial charge is 0.228 e. The number of rotatable bonds is 4. The van der Waals surface area contributed by atoms with Crippen LogP contribution >= 0.6 is 11.3 Å². The van der Waals surface area contributed by atoms with Crippen molar-refractivity contribution in [2.75, 3.05) is 19.6 Å². The van der Waals surface area contributed by atoms with Crippen LogP contribution < -0.4 is 0 Å². The van der Waals surface area contributed by atoms with E-state index in [4.69, 9.17) is 0 Å². The molecule has 0 N–H and O–H groups in total. The van der Waals surface area contributed by atoms with Gasteiger partial charge in [0, 0.05) is 37.1 Å². The maximum absolute atomic E-state index is 13.1. The molecule has 130 valence electrons. The molecule has 5 nitrogen and oxygen atoms in total. The monoisotopic (exact) mass is 347 g/mol. The number of carbonyl (C=O) groups excluding carboxylic acids is 2. The van der Waals surface area contributed by atoms with Crippen LogP contribution in [-0.2, 0) is 9.59 Å². The molecule has 2 atom stereocenters. The Kier molecular flexibility index (Phi) is 4.33. The average molecular weight is 347 g/mol. The third-order valence-electron chi connectivity index (χ3n) is 5.45. The van der Waals surface area contributed by atoms with Crippen molar-refractivity contribution in [1.82, 2.24) is 14.8 Å². The van der Waals surface area contributed by atoms with Gasteiger partial charge in [0.25, 0.3) is 0 Å². The van der Waals surface area contributed by atoms with Gasteiger partial charge in [0.2, 0.25) is 11.8 Å². The summed E-state index contributed by atoms with van der Waals surface area (Å²) in [7, 11) is 0. The summed E-state index contributed by atoms with van der Waals surface area (Å²) >= 11 is 1.66. The first-order valence-electron chi connectivity index (χ1n) is 9.12. The number of hydrogen-bond donors (Lipinski definition) is 0. The van der Waals surface area contributed by atoms with Crippen LogP contribution in [0.5, 0.6) is 0 Å². The highest BCUT2D eigenvalue weighted by molar-refractivity contribution is 7.09. The third kappa shape index (κ3) is 3.21. The maximum atomic E-state index is 13.1. The van der Waals surface area contributed by atoms with E-state index in [0.717, 1.165) is 43.1 Å². The Hall–Kier alpha value is -1.43. The summed E-state index contributed by atoms with van der Waals surface area (Å²) in [5.74, 6) is 0.861. The van der Waals surface area contributed by atoms with Crippen molar-refractivity contribution in [2.45, 2.75) is 51.5 Å². The van der Waals surface area contributed by atoms with Crippen LogP contribution in [0.4, 0.5) is 0 Å². The molecule has 4 rings (SSSR count). The molecule has 6 heteroatoms. The van der Waals surface area contributed by atoms with E-state index in [9.17, 15) is 9.59 Å². The van der Waals surface area contributed by atoms with Gasteiger partial charge in [-0.15, -0.1) is 11.3 Å². The lowest BCUT2D eigenvalue weighted by molar-refractivity contribution is -0.139. The molecule has 2 aliphatic heterocycles. The zero-order valence-electron chi connectivity index (χ0n) is 14.2. The Morgan fingerprint density at radius 1 is 1.33 bits per heavy atom. The molecule has 0 radical (unpaired) electrons. The topological polar surface area (TPSA) is 53.5 Å². The van der Waals surface area contributed by atoms with E-state index >= 15 is 0 Å². The van der Waals surface area contributed by atoms with Crippen molar-refractivity contribution >= 4 is 23.2 Å². The minimum atomic E-state index is -0.155. The molecular formula is C18H25N3O2S. The molecule has 0 unspecified atom stereocenters. The van der Waals surface area contributed by atoms with Gasteiger partial charge in [-0.2, -0.15) is 0 Å². The van der Waals surface area contributed by atoms with Crippen LogP contribution in [-0.4, -0.2) is 46.2 Å². The molecule has 3 aliphatic rings. The number of carbonyl (C=O) groups is 2. The molecule has 1 aliphatic carbocycles. The summed E-state index contributed by atoms with van der Waals surface area (Å²) < 4.78 is 0. The van der Waals surface area contributed by atoms with Crippen molar-refractivity contribution < 1.29 is 9.59 Å². The van der Waals surface area contributed by atoms with E-state index in [1.165, 1.54) is 12.8 Å². The molecule has 1 aromatic heterocycles. The zero-order chi connectivity index (χ0) is 16.7. The molecule has 2 saturated heterocycles. The summed E-state index contributed by atoms with van der Waals surface area (Å²) in [6, 6.07) is 0.109. The zero-order valence-corrected chi connectivity index (χ0v) is 15.1. The quantitative estimate of drug-likeness (QED) is 0.841. The first-order chi connectivity index (χ1) is 11.6. The fraction of sp³-hybridized carbons (Fsp3) is 0.722. The van der Waals surface area contributed by atoms with Gasteiger partial charge in [0.05, 0.1) is 12.0 Å². The van der Waals surface area contributed by atoms with Crippen LogP contribution in [0.1, 0.15) is 55.3 Å². The van der Waals surface area contributed by atoms with Gasteiger partial charge in [0.1, 0.15) is 5.01 Å². The van der Waals surface area contributed by atoms with Crippen molar-refractivity contribution in [3.05, 3.63) is 16.1 Å². The largest absolute Gasteiger partial charge is 0.342 e. The molecule has 0 aromatic carbocycles. The number of nitrogens with zero attached hydrogens (tertiary/aromatic N) is 3. The number of likely N-dealkylation sites (tertiary alicyclic amines) is 2. The maximum Gasteiger partial charge on any atom is 0.228 e. The van der Waals surface area contributed by atoms with Crippen LogP contribution in [0.25, 0.3) is 0 Å². The van der Waals surface area contributed by atoms with Gasteiger partial charge in [-0.1, -0.05) is 0 Å².